The van der Waals surface area contributed by atoms with Crippen LogP contribution in [-0.4, -0.2) is 28.9 Å². The summed E-state index contributed by atoms with van der Waals surface area (Å²) in [5.41, 5.74) is 2.06. The van der Waals surface area contributed by atoms with Crippen LogP contribution in [0.3, 0.4) is 0 Å². The maximum atomic E-state index is 12.0. The van der Waals surface area contributed by atoms with Gasteiger partial charge in [-0.15, -0.1) is 11.3 Å². The summed E-state index contributed by atoms with van der Waals surface area (Å²) in [5.74, 6) is 0.217. The Bertz CT molecular complexity index is 527. The fraction of sp³-hybridized carbons (Fsp3) is 0.385. The first-order valence-corrected chi connectivity index (χ1v) is 7.90. The van der Waals surface area contributed by atoms with Gasteiger partial charge in [-0.1, -0.05) is 0 Å². The summed E-state index contributed by atoms with van der Waals surface area (Å²) in [7, 11) is 0. The van der Waals surface area contributed by atoms with E-state index in [0.29, 0.717) is 6.42 Å². The van der Waals surface area contributed by atoms with Gasteiger partial charge in [0.05, 0.1) is 12.1 Å². The maximum absolute atomic E-state index is 12.0. The quantitative estimate of drug-likeness (QED) is 0.864. The lowest BCUT2D eigenvalue weighted by Crippen LogP contribution is -2.29. The molecular formula is C13H14N2OS2. The average molecular weight is 278 g/mol. The number of thiazole rings is 1. The highest BCUT2D eigenvalue weighted by Crippen LogP contribution is 2.26. The van der Waals surface area contributed by atoms with Gasteiger partial charge < -0.3 is 4.90 Å². The van der Waals surface area contributed by atoms with E-state index in [1.54, 1.807) is 22.7 Å². The number of aromatic nitrogens is 1. The first kappa shape index (κ1) is 11.9. The van der Waals surface area contributed by atoms with Crippen molar-refractivity contribution in [1.82, 2.24) is 9.88 Å². The summed E-state index contributed by atoms with van der Waals surface area (Å²) in [6.45, 7) is 1.83. The van der Waals surface area contributed by atoms with E-state index >= 15 is 0 Å². The van der Waals surface area contributed by atoms with Crippen LogP contribution in [-0.2, 0) is 11.2 Å². The van der Waals surface area contributed by atoms with E-state index in [9.17, 15) is 4.79 Å². The van der Waals surface area contributed by atoms with Crippen molar-refractivity contribution in [1.29, 1.82) is 0 Å². The molecule has 3 rings (SSSR count). The summed E-state index contributed by atoms with van der Waals surface area (Å²) in [6.07, 6.45) is 2.73. The molecule has 3 nitrogen and oxygen atoms in total. The number of hydrogen-bond acceptors (Lipinski definition) is 4. The lowest BCUT2D eigenvalue weighted by Gasteiger charge is -2.13. The van der Waals surface area contributed by atoms with Crippen LogP contribution in [0.2, 0.25) is 0 Å². The summed E-state index contributed by atoms with van der Waals surface area (Å²) in [4.78, 5) is 18.5. The molecule has 2 aromatic rings. The van der Waals surface area contributed by atoms with E-state index < -0.39 is 0 Å². The van der Waals surface area contributed by atoms with Crippen LogP contribution in [0.1, 0.15) is 18.5 Å². The number of carbonyl (C=O) groups is 1. The minimum atomic E-state index is 0.217. The monoisotopic (exact) mass is 278 g/mol. The Kier molecular flexibility index (Phi) is 3.43. The van der Waals surface area contributed by atoms with Crippen molar-refractivity contribution < 1.29 is 4.79 Å². The van der Waals surface area contributed by atoms with Crippen molar-refractivity contribution in [3.8, 4) is 10.6 Å². The summed E-state index contributed by atoms with van der Waals surface area (Å²) in [5, 5.41) is 7.15. The van der Waals surface area contributed by atoms with Gasteiger partial charge in [0.25, 0.3) is 0 Å². The Morgan fingerprint density at radius 2 is 2.17 bits per heavy atom. The molecule has 5 heteroatoms. The number of amides is 1. The third kappa shape index (κ3) is 2.47. The standard InChI is InChI=1S/C13H14N2OS2/c16-12(15-4-1-2-5-15)7-11-9-18-13(14-11)10-3-6-17-8-10/h3,6,8-9H,1-2,4-5,7H2. The largest absolute Gasteiger partial charge is 0.342 e. The highest BCUT2D eigenvalue weighted by Gasteiger charge is 2.19. The van der Waals surface area contributed by atoms with Crippen molar-refractivity contribution >= 4 is 28.6 Å². The van der Waals surface area contributed by atoms with Gasteiger partial charge in [0.2, 0.25) is 5.91 Å². The van der Waals surface area contributed by atoms with E-state index in [1.807, 2.05) is 15.7 Å². The van der Waals surface area contributed by atoms with Crippen molar-refractivity contribution in [3.05, 3.63) is 27.9 Å². The molecule has 0 N–H and O–H groups in total. The lowest BCUT2D eigenvalue weighted by atomic mass is 10.3. The molecule has 0 aliphatic carbocycles. The first-order chi connectivity index (χ1) is 8.83. The van der Waals surface area contributed by atoms with Crippen molar-refractivity contribution in [2.24, 2.45) is 0 Å². The Hall–Kier alpha value is -1.20. The van der Waals surface area contributed by atoms with E-state index in [0.717, 1.165) is 42.2 Å². The second-order valence-corrected chi connectivity index (χ2v) is 6.06. The number of likely N-dealkylation sites (tertiary alicyclic amines) is 1. The normalized spacial score (nSPS) is 15.2. The van der Waals surface area contributed by atoms with Crippen LogP contribution in [0.4, 0.5) is 0 Å². The molecule has 0 spiro atoms. The zero-order valence-corrected chi connectivity index (χ0v) is 11.6. The third-order valence-electron chi connectivity index (χ3n) is 3.11. The second kappa shape index (κ2) is 5.20. The van der Waals surface area contributed by atoms with E-state index in [4.69, 9.17) is 0 Å². The highest BCUT2D eigenvalue weighted by molar-refractivity contribution is 7.14. The molecule has 1 fully saturated rings. The van der Waals surface area contributed by atoms with Gasteiger partial charge in [0.1, 0.15) is 5.01 Å². The predicted molar refractivity (Wildman–Crippen MR) is 74.9 cm³/mol. The van der Waals surface area contributed by atoms with Crippen LogP contribution < -0.4 is 0 Å². The van der Waals surface area contributed by atoms with Gasteiger partial charge in [-0.2, -0.15) is 11.3 Å². The molecule has 0 unspecified atom stereocenters. The molecule has 94 valence electrons. The number of rotatable bonds is 3. The Morgan fingerprint density at radius 1 is 1.33 bits per heavy atom. The molecule has 0 aromatic carbocycles. The summed E-state index contributed by atoms with van der Waals surface area (Å²) in [6, 6.07) is 2.07. The highest BCUT2D eigenvalue weighted by atomic mass is 32.1. The summed E-state index contributed by atoms with van der Waals surface area (Å²) < 4.78 is 0. The molecule has 0 saturated carbocycles. The minimum absolute atomic E-state index is 0.217. The van der Waals surface area contributed by atoms with Gasteiger partial charge in [-0.3, -0.25) is 4.79 Å². The van der Waals surface area contributed by atoms with Gasteiger partial charge in [-0.05, 0) is 24.3 Å². The molecule has 1 amide bonds. The molecule has 0 atom stereocenters. The SMILES string of the molecule is O=C(Cc1csc(-c2ccsc2)n1)N1CCCC1. The van der Waals surface area contributed by atoms with E-state index in [2.05, 4.69) is 16.4 Å². The zero-order chi connectivity index (χ0) is 12.4. The van der Waals surface area contributed by atoms with Crippen molar-refractivity contribution in [2.45, 2.75) is 19.3 Å². The Labute approximate surface area is 114 Å². The Balaban J connectivity index is 1.68. The van der Waals surface area contributed by atoms with Crippen LogP contribution in [0.25, 0.3) is 10.6 Å². The number of nitrogens with zero attached hydrogens (tertiary/aromatic N) is 2. The van der Waals surface area contributed by atoms with Crippen LogP contribution in [0, 0.1) is 0 Å². The van der Waals surface area contributed by atoms with Gasteiger partial charge in [0, 0.05) is 29.4 Å². The first-order valence-electron chi connectivity index (χ1n) is 6.08. The van der Waals surface area contributed by atoms with Crippen LogP contribution in [0.5, 0.6) is 0 Å². The molecule has 0 radical (unpaired) electrons. The van der Waals surface area contributed by atoms with Crippen molar-refractivity contribution in [2.75, 3.05) is 13.1 Å². The lowest BCUT2D eigenvalue weighted by molar-refractivity contribution is -0.129. The molecule has 18 heavy (non-hydrogen) atoms. The zero-order valence-electron chi connectivity index (χ0n) is 9.96. The van der Waals surface area contributed by atoms with Crippen LogP contribution in [0.15, 0.2) is 22.2 Å². The molecule has 1 aliphatic heterocycles. The minimum Gasteiger partial charge on any atom is -0.342 e. The van der Waals surface area contributed by atoms with E-state index in [1.165, 1.54) is 0 Å². The number of thiophene rings is 1. The molecule has 0 bridgehead atoms. The summed E-state index contributed by atoms with van der Waals surface area (Å²) >= 11 is 3.29. The van der Waals surface area contributed by atoms with Gasteiger partial charge in [-0.25, -0.2) is 4.98 Å². The fourth-order valence-corrected chi connectivity index (χ4v) is 3.67. The molecule has 3 heterocycles. The number of carbonyl (C=O) groups excluding carboxylic acids is 1. The smallest absolute Gasteiger partial charge is 0.228 e. The molecular weight excluding hydrogens is 264 g/mol. The second-order valence-electron chi connectivity index (χ2n) is 4.42. The molecule has 1 saturated heterocycles. The topological polar surface area (TPSA) is 33.2 Å². The van der Waals surface area contributed by atoms with Crippen molar-refractivity contribution in [3.63, 3.8) is 0 Å². The molecule has 2 aromatic heterocycles. The predicted octanol–water partition coefficient (Wildman–Crippen LogP) is 3.04. The third-order valence-corrected chi connectivity index (χ3v) is 4.73. The molecule has 1 aliphatic rings. The average Bonchev–Trinajstić information content (AvgIpc) is 3.12. The fourth-order valence-electron chi connectivity index (χ4n) is 2.14. The maximum Gasteiger partial charge on any atom is 0.228 e. The van der Waals surface area contributed by atoms with E-state index in [-0.39, 0.29) is 5.91 Å². The van der Waals surface area contributed by atoms with Gasteiger partial charge >= 0.3 is 0 Å². The van der Waals surface area contributed by atoms with Gasteiger partial charge in [0.15, 0.2) is 0 Å². The number of hydrogen-bond donors (Lipinski definition) is 0. The van der Waals surface area contributed by atoms with Crippen LogP contribution >= 0.6 is 22.7 Å². The Morgan fingerprint density at radius 3 is 2.89 bits per heavy atom.